The zero-order valence-corrected chi connectivity index (χ0v) is 19.2. The second-order valence-corrected chi connectivity index (χ2v) is 8.59. The minimum Gasteiger partial charge on any atom is -0.382 e. The number of likely N-dealkylation sites (tertiary alicyclic amines) is 1. The van der Waals surface area contributed by atoms with Gasteiger partial charge in [-0.25, -0.2) is 14.1 Å². The zero-order valence-electron chi connectivity index (χ0n) is 19.2. The number of benzene rings is 1. The van der Waals surface area contributed by atoms with Gasteiger partial charge in [-0.3, -0.25) is 14.5 Å². The lowest BCUT2D eigenvalue weighted by Gasteiger charge is -2.17. The standard InChI is InChI=1S/C24H28FN7O2/c1-14-7-16(8-15(2)21(14)24(34)28-4-6-31-5-3-19(25)13-31)17-9-20(22(26)29-10-17)32-12-18(11-30-32)23(27)33/h7-12,19H,3-6,13H2,1-2H3,(H2,26,29)(H2,27,33)(H,28,34)/t19-/m1/s1. The molecule has 10 heteroatoms. The lowest BCUT2D eigenvalue weighted by atomic mass is 9.95. The summed E-state index contributed by atoms with van der Waals surface area (Å²) in [5.41, 5.74) is 16.1. The summed E-state index contributed by atoms with van der Waals surface area (Å²) in [4.78, 5) is 30.5. The van der Waals surface area contributed by atoms with Crippen molar-refractivity contribution in [3.8, 4) is 16.8 Å². The second-order valence-electron chi connectivity index (χ2n) is 8.59. The van der Waals surface area contributed by atoms with Crippen molar-refractivity contribution in [3.63, 3.8) is 0 Å². The van der Waals surface area contributed by atoms with E-state index in [1.807, 2.05) is 36.9 Å². The number of carbonyl (C=O) groups excluding carboxylic acids is 2. The van der Waals surface area contributed by atoms with Gasteiger partial charge in [-0.15, -0.1) is 0 Å². The number of nitrogen functional groups attached to an aromatic ring is 1. The Hall–Kier alpha value is -3.79. The van der Waals surface area contributed by atoms with E-state index in [1.165, 1.54) is 17.1 Å². The molecule has 178 valence electrons. The summed E-state index contributed by atoms with van der Waals surface area (Å²) in [5, 5.41) is 7.11. The van der Waals surface area contributed by atoms with Crippen molar-refractivity contribution in [1.29, 1.82) is 0 Å². The van der Waals surface area contributed by atoms with Crippen LogP contribution in [0.15, 0.2) is 36.8 Å². The number of carbonyl (C=O) groups is 2. The first kappa shape index (κ1) is 23.4. The number of aryl methyl sites for hydroxylation is 2. The van der Waals surface area contributed by atoms with E-state index in [0.717, 1.165) is 28.8 Å². The van der Waals surface area contributed by atoms with Crippen molar-refractivity contribution < 1.29 is 14.0 Å². The highest BCUT2D eigenvalue weighted by atomic mass is 19.1. The lowest BCUT2D eigenvalue weighted by molar-refractivity contribution is 0.0947. The van der Waals surface area contributed by atoms with Crippen LogP contribution in [0, 0.1) is 13.8 Å². The molecule has 1 aromatic carbocycles. The van der Waals surface area contributed by atoms with E-state index in [-0.39, 0.29) is 17.3 Å². The summed E-state index contributed by atoms with van der Waals surface area (Å²) in [6.07, 6.45) is 4.31. The van der Waals surface area contributed by atoms with E-state index in [0.29, 0.717) is 37.3 Å². The van der Waals surface area contributed by atoms with Crippen LogP contribution in [0.3, 0.4) is 0 Å². The third-order valence-electron chi connectivity index (χ3n) is 6.03. The summed E-state index contributed by atoms with van der Waals surface area (Å²) in [5.74, 6) is -0.477. The van der Waals surface area contributed by atoms with Crippen molar-refractivity contribution in [1.82, 2.24) is 25.0 Å². The van der Waals surface area contributed by atoms with E-state index in [2.05, 4.69) is 15.4 Å². The van der Waals surface area contributed by atoms with Crippen LogP contribution < -0.4 is 16.8 Å². The molecule has 3 aromatic rings. The normalized spacial score (nSPS) is 16.0. The Labute approximate surface area is 196 Å². The van der Waals surface area contributed by atoms with Gasteiger partial charge in [0.2, 0.25) is 0 Å². The lowest BCUT2D eigenvalue weighted by Crippen LogP contribution is -2.34. The number of hydrogen-bond donors (Lipinski definition) is 3. The van der Waals surface area contributed by atoms with Crippen LogP contribution in [0.4, 0.5) is 10.2 Å². The Morgan fingerprint density at radius 1 is 1.18 bits per heavy atom. The molecule has 1 aliphatic heterocycles. The minimum atomic E-state index is -0.769. The predicted molar refractivity (Wildman–Crippen MR) is 127 cm³/mol. The average Bonchev–Trinajstić information content (AvgIpc) is 3.43. The van der Waals surface area contributed by atoms with Crippen LogP contribution in [0.25, 0.3) is 16.8 Å². The Kier molecular flexibility index (Phi) is 6.60. The average molecular weight is 466 g/mol. The molecule has 2 amide bonds. The van der Waals surface area contributed by atoms with Crippen LogP contribution in [0.1, 0.15) is 38.3 Å². The number of pyridine rings is 1. The molecule has 5 N–H and O–H groups in total. The molecular weight excluding hydrogens is 437 g/mol. The molecule has 4 rings (SSSR count). The van der Waals surface area contributed by atoms with Gasteiger partial charge in [-0.2, -0.15) is 5.10 Å². The van der Waals surface area contributed by atoms with E-state index < -0.39 is 12.1 Å². The first-order valence-electron chi connectivity index (χ1n) is 11.1. The molecule has 34 heavy (non-hydrogen) atoms. The largest absolute Gasteiger partial charge is 0.382 e. The highest BCUT2D eigenvalue weighted by Gasteiger charge is 2.21. The SMILES string of the molecule is Cc1cc(-c2cnc(N)c(-n3cc(C(N)=O)cn3)c2)cc(C)c1C(=O)NCCN1CC[C@@H](F)C1. The molecule has 0 unspecified atom stereocenters. The van der Waals surface area contributed by atoms with Crippen LogP contribution in [-0.2, 0) is 0 Å². The van der Waals surface area contributed by atoms with E-state index in [1.54, 1.807) is 6.20 Å². The number of alkyl halides is 1. The minimum absolute atomic E-state index is 0.149. The summed E-state index contributed by atoms with van der Waals surface area (Å²) in [6.45, 7) is 6.03. The van der Waals surface area contributed by atoms with Gasteiger partial charge in [0.05, 0.1) is 11.8 Å². The van der Waals surface area contributed by atoms with Crippen LogP contribution in [0.2, 0.25) is 0 Å². The number of nitrogens with zero attached hydrogens (tertiary/aromatic N) is 4. The maximum atomic E-state index is 13.3. The molecule has 1 fully saturated rings. The smallest absolute Gasteiger partial charge is 0.251 e. The van der Waals surface area contributed by atoms with Gasteiger partial charge >= 0.3 is 0 Å². The fourth-order valence-electron chi connectivity index (χ4n) is 4.28. The molecule has 0 radical (unpaired) electrons. The summed E-state index contributed by atoms with van der Waals surface area (Å²) < 4.78 is 14.8. The van der Waals surface area contributed by atoms with Crippen molar-refractivity contribution in [2.24, 2.45) is 5.73 Å². The van der Waals surface area contributed by atoms with Crippen molar-refractivity contribution in [2.45, 2.75) is 26.4 Å². The predicted octanol–water partition coefficient (Wildman–Crippen LogP) is 2.01. The molecule has 1 aliphatic rings. The zero-order chi connectivity index (χ0) is 24.4. The van der Waals surface area contributed by atoms with Gasteiger partial charge in [0.15, 0.2) is 0 Å². The summed E-state index contributed by atoms with van der Waals surface area (Å²) in [6, 6.07) is 5.66. The fraction of sp³-hybridized carbons (Fsp3) is 0.333. The topological polar surface area (TPSA) is 132 Å². The number of hydrogen-bond acceptors (Lipinski definition) is 6. The quantitative estimate of drug-likeness (QED) is 0.489. The second kappa shape index (κ2) is 9.60. The Morgan fingerprint density at radius 3 is 2.53 bits per heavy atom. The van der Waals surface area contributed by atoms with E-state index in [4.69, 9.17) is 11.5 Å². The number of primary amides is 1. The molecule has 3 heterocycles. The highest BCUT2D eigenvalue weighted by molar-refractivity contribution is 5.98. The molecule has 0 saturated carbocycles. The number of rotatable bonds is 7. The monoisotopic (exact) mass is 465 g/mol. The summed E-state index contributed by atoms with van der Waals surface area (Å²) >= 11 is 0. The maximum Gasteiger partial charge on any atom is 0.251 e. The highest BCUT2D eigenvalue weighted by Crippen LogP contribution is 2.28. The van der Waals surface area contributed by atoms with E-state index in [9.17, 15) is 14.0 Å². The van der Waals surface area contributed by atoms with Crippen molar-refractivity contribution >= 4 is 17.6 Å². The Balaban J connectivity index is 1.53. The van der Waals surface area contributed by atoms with Gasteiger partial charge in [0.25, 0.3) is 11.8 Å². The van der Waals surface area contributed by atoms with Crippen molar-refractivity contribution in [2.75, 3.05) is 31.9 Å². The van der Waals surface area contributed by atoms with Gasteiger partial charge in [-0.1, -0.05) is 12.1 Å². The molecule has 0 spiro atoms. The number of aromatic nitrogens is 3. The van der Waals surface area contributed by atoms with Gasteiger partial charge in [0, 0.05) is 49.7 Å². The maximum absolute atomic E-state index is 13.3. The molecule has 0 aliphatic carbocycles. The van der Waals surface area contributed by atoms with E-state index >= 15 is 0 Å². The molecule has 1 atom stereocenters. The molecule has 0 bridgehead atoms. The number of nitrogens with one attached hydrogen (secondary N) is 1. The van der Waals surface area contributed by atoms with Gasteiger partial charge < -0.3 is 16.8 Å². The fourth-order valence-corrected chi connectivity index (χ4v) is 4.28. The number of nitrogens with two attached hydrogens (primary N) is 2. The number of amides is 2. The van der Waals surface area contributed by atoms with Gasteiger partial charge in [-0.05, 0) is 43.0 Å². The van der Waals surface area contributed by atoms with Crippen LogP contribution in [0.5, 0.6) is 0 Å². The van der Waals surface area contributed by atoms with Crippen molar-refractivity contribution in [3.05, 3.63) is 59.0 Å². The van der Waals surface area contributed by atoms with Gasteiger partial charge in [0.1, 0.15) is 17.7 Å². The third kappa shape index (κ3) is 4.91. The Bertz CT molecular complexity index is 1220. The number of anilines is 1. The first-order valence-corrected chi connectivity index (χ1v) is 11.1. The number of halogens is 1. The first-order chi connectivity index (χ1) is 16.2. The Morgan fingerprint density at radius 2 is 1.91 bits per heavy atom. The van der Waals surface area contributed by atoms with Crippen LogP contribution in [-0.4, -0.2) is 63.8 Å². The van der Waals surface area contributed by atoms with Crippen LogP contribution >= 0.6 is 0 Å². The summed E-state index contributed by atoms with van der Waals surface area (Å²) in [7, 11) is 0. The molecule has 1 saturated heterocycles. The molecule has 2 aromatic heterocycles. The molecule has 9 nitrogen and oxygen atoms in total. The third-order valence-corrected chi connectivity index (χ3v) is 6.03. The molecular formula is C24H28FN7O2.